The lowest BCUT2D eigenvalue weighted by Crippen LogP contribution is -2.32. The number of ether oxygens (including phenoxy) is 2. The molecule has 1 aliphatic heterocycles. The van der Waals surface area contributed by atoms with Gasteiger partial charge in [0.15, 0.2) is 17.1 Å². The molecule has 1 aliphatic rings. The molecule has 1 amide bonds. The van der Waals surface area contributed by atoms with Gasteiger partial charge in [-0.3, -0.25) is 19.1 Å². The first-order chi connectivity index (χ1) is 15.3. The molecule has 3 aromatic rings. The lowest BCUT2D eigenvalue weighted by atomic mass is 10.0. The Bertz CT molecular complexity index is 1330. The van der Waals surface area contributed by atoms with E-state index < -0.39 is 17.2 Å². The molecule has 1 aromatic carbocycles. The molecular formula is C22H23ClN4O5. The van der Waals surface area contributed by atoms with Crippen LogP contribution in [0.4, 0.5) is 5.69 Å². The van der Waals surface area contributed by atoms with Crippen LogP contribution >= 0.6 is 11.6 Å². The number of nitrogens with one attached hydrogen (secondary N) is 2. The Kier molecular flexibility index (Phi) is 5.92. The minimum Gasteiger partial charge on any atom is -0.490 e. The van der Waals surface area contributed by atoms with Crippen LogP contribution in [-0.4, -0.2) is 33.7 Å². The lowest BCUT2D eigenvalue weighted by Gasteiger charge is -2.15. The van der Waals surface area contributed by atoms with Gasteiger partial charge >= 0.3 is 5.69 Å². The highest BCUT2D eigenvalue weighted by Gasteiger charge is 2.22. The quantitative estimate of drug-likeness (QED) is 0.619. The van der Waals surface area contributed by atoms with Crippen LogP contribution in [0.2, 0.25) is 5.02 Å². The molecule has 168 valence electrons. The van der Waals surface area contributed by atoms with E-state index in [0.29, 0.717) is 36.1 Å². The smallest absolute Gasteiger partial charge is 0.329 e. The number of amides is 1. The fraction of sp³-hybridized carbons (Fsp3) is 0.364. The number of anilines is 1. The van der Waals surface area contributed by atoms with Crippen LogP contribution in [0.5, 0.6) is 11.5 Å². The number of hydrogen-bond acceptors (Lipinski definition) is 6. The number of H-pyrrole nitrogens is 1. The molecule has 2 N–H and O–H groups in total. The third-order valence-electron chi connectivity index (χ3n) is 5.21. The number of aryl methyl sites for hydroxylation is 1. The van der Waals surface area contributed by atoms with Gasteiger partial charge in [-0.15, -0.1) is 0 Å². The van der Waals surface area contributed by atoms with Gasteiger partial charge in [0, 0.05) is 30.8 Å². The van der Waals surface area contributed by atoms with E-state index in [1.807, 2.05) is 13.8 Å². The molecule has 0 fully saturated rings. The van der Waals surface area contributed by atoms with E-state index in [4.69, 9.17) is 21.1 Å². The summed E-state index contributed by atoms with van der Waals surface area (Å²) in [6, 6.07) is 4.75. The molecule has 0 atom stereocenters. The van der Waals surface area contributed by atoms with Crippen LogP contribution < -0.4 is 26.0 Å². The summed E-state index contributed by atoms with van der Waals surface area (Å²) >= 11 is 6.37. The normalized spacial score (nSPS) is 13.3. The SMILES string of the molecule is CCn1c(=O)[nH]c(=O)c2c(C(=O)Nc3cc4c(cc3Cl)OCCCO4)cc(C(C)C)nc21. The highest BCUT2D eigenvalue weighted by Crippen LogP contribution is 2.38. The Hall–Kier alpha value is -3.33. The second-order valence-corrected chi connectivity index (χ2v) is 8.14. The van der Waals surface area contributed by atoms with Crippen LogP contribution in [0.25, 0.3) is 11.0 Å². The summed E-state index contributed by atoms with van der Waals surface area (Å²) in [5.74, 6) is 0.391. The Morgan fingerprint density at radius 1 is 1.22 bits per heavy atom. The Morgan fingerprint density at radius 3 is 2.56 bits per heavy atom. The zero-order valence-electron chi connectivity index (χ0n) is 18.0. The maximum Gasteiger partial charge on any atom is 0.329 e. The minimum atomic E-state index is -0.674. The predicted octanol–water partition coefficient (Wildman–Crippen LogP) is 3.30. The second kappa shape index (κ2) is 8.66. The molecule has 0 saturated heterocycles. The van der Waals surface area contributed by atoms with E-state index in [1.54, 1.807) is 25.1 Å². The van der Waals surface area contributed by atoms with E-state index in [-0.39, 0.29) is 34.1 Å². The second-order valence-electron chi connectivity index (χ2n) is 7.73. The standard InChI is InChI=1S/C22H23ClN4O5/c1-4-27-19-18(21(29)26-22(27)30)12(8-14(24-19)11(2)3)20(28)25-15-10-17-16(9-13(15)23)31-6-5-7-32-17/h8-11H,4-7H2,1-3H3,(H,25,28)(H,26,29,30). The van der Waals surface area contributed by atoms with Gasteiger partial charge in [0.25, 0.3) is 11.5 Å². The van der Waals surface area contributed by atoms with Gasteiger partial charge in [0.2, 0.25) is 0 Å². The van der Waals surface area contributed by atoms with E-state index in [2.05, 4.69) is 15.3 Å². The molecule has 10 heteroatoms. The van der Waals surface area contributed by atoms with E-state index in [0.717, 1.165) is 6.42 Å². The lowest BCUT2D eigenvalue weighted by molar-refractivity contribution is 0.102. The van der Waals surface area contributed by atoms with Gasteiger partial charge in [-0.05, 0) is 18.9 Å². The monoisotopic (exact) mass is 458 g/mol. The molecule has 0 unspecified atom stereocenters. The van der Waals surface area contributed by atoms with Gasteiger partial charge in [0.05, 0.1) is 34.9 Å². The molecule has 0 bridgehead atoms. The van der Waals surface area contributed by atoms with Crippen molar-refractivity contribution in [2.24, 2.45) is 0 Å². The maximum atomic E-state index is 13.3. The molecule has 9 nitrogen and oxygen atoms in total. The van der Waals surface area contributed by atoms with E-state index in [1.165, 1.54) is 4.57 Å². The van der Waals surface area contributed by atoms with Gasteiger partial charge in [-0.1, -0.05) is 25.4 Å². The van der Waals surface area contributed by atoms with Crippen molar-refractivity contribution in [1.29, 1.82) is 0 Å². The number of fused-ring (bicyclic) bond motifs is 2. The summed E-state index contributed by atoms with van der Waals surface area (Å²) in [6.45, 7) is 6.88. The zero-order chi connectivity index (χ0) is 23.0. The van der Waals surface area contributed by atoms with Crippen LogP contribution in [0.15, 0.2) is 27.8 Å². The number of pyridine rings is 1. The number of carbonyl (C=O) groups is 1. The number of aromatic nitrogens is 3. The summed E-state index contributed by atoms with van der Waals surface area (Å²) in [4.78, 5) is 45.0. The number of carbonyl (C=O) groups excluding carboxylic acids is 1. The summed E-state index contributed by atoms with van der Waals surface area (Å²) in [6.07, 6.45) is 0.733. The number of hydrogen-bond donors (Lipinski definition) is 2. The summed E-state index contributed by atoms with van der Waals surface area (Å²) in [7, 11) is 0. The van der Waals surface area contributed by atoms with Crippen LogP contribution in [-0.2, 0) is 6.54 Å². The van der Waals surface area contributed by atoms with Gasteiger partial charge in [-0.25, -0.2) is 9.78 Å². The maximum absolute atomic E-state index is 13.3. The summed E-state index contributed by atoms with van der Waals surface area (Å²) in [5.41, 5.74) is -0.0763. The molecule has 3 heterocycles. The molecule has 32 heavy (non-hydrogen) atoms. The van der Waals surface area contributed by atoms with Crippen molar-refractivity contribution in [2.45, 2.75) is 39.7 Å². The fourth-order valence-corrected chi connectivity index (χ4v) is 3.73. The van der Waals surface area contributed by atoms with Gasteiger partial charge in [0.1, 0.15) is 0 Å². The third kappa shape index (κ3) is 3.95. The Morgan fingerprint density at radius 2 is 1.91 bits per heavy atom. The first kappa shape index (κ1) is 21.9. The molecule has 0 spiro atoms. The van der Waals surface area contributed by atoms with Gasteiger partial charge < -0.3 is 14.8 Å². The number of benzene rings is 1. The predicted molar refractivity (Wildman–Crippen MR) is 121 cm³/mol. The Labute approximate surface area is 188 Å². The number of nitrogens with zero attached hydrogens (tertiary/aromatic N) is 2. The van der Waals surface area contributed by atoms with Crippen molar-refractivity contribution < 1.29 is 14.3 Å². The minimum absolute atomic E-state index is 0.0349. The average molecular weight is 459 g/mol. The third-order valence-corrected chi connectivity index (χ3v) is 5.52. The molecular weight excluding hydrogens is 436 g/mol. The zero-order valence-corrected chi connectivity index (χ0v) is 18.7. The van der Waals surface area contributed by atoms with Crippen molar-refractivity contribution in [2.75, 3.05) is 18.5 Å². The van der Waals surface area contributed by atoms with Crippen molar-refractivity contribution in [1.82, 2.24) is 14.5 Å². The van der Waals surface area contributed by atoms with Crippen LogP contribution in [0.3, 0.4) is 0 Å². The number of rotatable bonds is 4. The highest BCUT2D eigenvalue weighted by atomic mass is 35.5. The topological polar surface area (TPSA) is 115 Å². The summed E-state index contributed by atoms with van der Waals surface area (Å²) < 4.78 is 12.6. The van der Waals surface area contributed by atoms with E-state index >= 15 is 0 Å². The molecule has 0 saturated carbocycles. The molecule has 0 radical (unpaired) electrons. The largest absolute Gasteiger partial charge is 0.490 e. The van der Waals surface area contributed by atoms with Crippen LogP contribution in [0.1, 0.15) is 49.2 Å². The van der Waals surface area contributed by atoms with Crippen LogP contribution in [0, 0.1) is 0 Å². The average Bonchev–Trinajstić information content (AvgIpc) is 2.98. The molecule has 0 aliphatic carbocycles. The number of aromatic amines is 1. The van der Waals surface area contributed by atoms with Crippen molar-refractivity contribution in [3.63, 3.8) is 0 Å². The first-order valence-corrected chi connectivity index (χ1v) is 10.8. The van der Waals surface area contributed by atoms with Crippen molar-refractivity contribution in [3.8, 4) is 11.5 Å². The highest BCUT2D eigenvalue weighted by molar-refractivity contribution is 6.34. The molecule has 4 rings (SSSR count). The number of halogens is 1. The summed E-state index contributed by atoms with van der Waals surface area (Å²) in [5, 5.41) is 3.07. The van der Waals surface area contributed by atoms with E-state index in [9.17, 15) is 14.4 Å². The van der Waals surface area contributed by atoms with Gasteiger partial charge in [-0.2, -0.15) is 0 Å². The molecule has 2 aromatic heterocycles. The Balaban J connectivity index is 1.85. The first-order valence-electron chi connectivity index (χ1n) is 10.4. The van der Waals surface area contributed by atoms with Crippen molar-refractivity contribution >= 4 is 34.2 Å². The fourth-order valence-electron chi connectivity index (χ4n) is 3.53. The van der Waals surface area contributed by atoms with Crippen molar-refractivity contribution in [3.05, 3.63) is 55.3 Å².